The van der Waals surface area contributed by atoms with Crippen molar-refractivity contribution in [2.75, 3.05) is 30.8 Å². The van der Waals surface area contributed by atoms with E-state index in [9.17, 15) is 9.18 Å². The summed E-state index contributed by atoms with van der Waals surface area (Å²) < 4.78 is 14.7. The Hall–Kier alpha value is -2.38. The molecule has 5 rings (SSSR count). The largest absolute Gasteiger partial charge is 0.375 e. The van der Waals surface area contributed by atoms with Gasteiger partial charge in [0.2, 0.25) is 0 Å². The van der Waals surface area contributed by atoms with Crippen molar-refractivity contribution in [3.05, 3.63) is 40.7 Å². The molecule has 0 spiro atoms. The van der Waals surface area contributed by atoms with E-state index in [1.54, 1.807) is 12.1 Å². The fourth-order valence-electron chi connectivity index (χ4n) is 4.65. The van der Waals surface area contributed by atoms with E-state index >= 15 is 0 Å². The van der Waals surface area contributed by atoms with Crippen LogP contribution in [0.2, 0.25) is 5.02 Å². The van der Waals surface area contributed by atoms with Gasteiger partial charge in [0.1, 0.15) is 5.82 Å². The van der Waals surface area contributed by atoms with Crippen molar-refractivity contribution in [1.82, 2.24) is 9.88 Å². The second-order valence-corrected chi connectivity index (χ2v) is 9.47. The lowest BCUT2D eigenvalue weighted by atomic mass is 9.94. The van der Waals surface area contributed by atoms with Crippen molar-refractivity contribution in [3.63, 3.8) is 0 Å². The Labute approximate surface area is 183 Å². The molecule has 1 amide bonds. The number of anilines is 2. The molecule has 2 N–H and O–H groups in total. The summed E-state index contributed by atoms with van der Waals surface area (Å²) >= 11 is 7.81. The number of fused-ring (bicyclic) bond motifs is 3. The molecule has 1 fully saturated rings. The maximum absolute atomic E-state index is 14.3. The Bertz CT molecular complexity index is 1160. The third-order valence-corrected chi connectivity index (χ3v) is 7.42. The van der Waals surface area contributed by atoms with Crippen LogP contribution < -0.4 is 10.6 Å². The fraction of sp³-hybridized carbons (Fsp3) is 0.364. The second-order valence-electron chi connectivity index (χ2n) is 8.03. The fourth-order valence-corrected chi connectivity index (χ4v) is 5.68. The van der Waals surface area contributed by atoms with Crippen LogP contribution in [0, 0.1) is 5.82 Å². The first-order chi connectivity index (χ1) is 14.4. The minimum absolute atomic E-state index is 0.0388. The minimum atomic E-state index is -0.353. The first-order valence-corrected chi connectivity index (χ1v) is 11.3. The molecule has 1 aromatic heterocycles. The first kappa shape index (κ1) is 19.6. The Morgan fingerprint density at radius 2 is 2.00 bits per heavy atom. The molecular formula is C22H22ClFN4OS. The maximum Gasteiger partial charge on any atom is 0.256 e. The summed E-state index contributed by atoms with van der Waals surface area (Å²) in [5, 5.41) is 0.756. The molecule has 2 aliphatic heterocycles. The molecule has 1 saturated heterocycles. The predicted molar refractivity (Wildman–Crippen MR) is 121 cm³/mol. The SMILES string of the molecule is CN1CC[C@H]2CCCCN2C(=O)c2cc(Cl)c(-c3ccc(F)c4sc(N)nc34)cc21. The highest BCUT2D eigenvalue weighted by Gasteiger charge is 2.32. The third-order valence-electron chi connectivity index (χ3n) is 6.21. The van der Waals surface area contributed by atoms with Gasteiger partial charge in [-0.15, -0.1) is 0 Å². The molecule has 8 heteroatoms. The number of nitrogens with two attached hydrogens (primary N) is 1. The van der Waals surface area contributed by atoms with Crippen molar-refractivity contribution in [2.45, 2.75) is 31.7 Å². The van der Waals surface area contributed by atoms with Gasteiger partial charge in [0, 0.05) is 48.0 Å². The van der Waals surface area contributed by atoms with Crippen molar-refractivity contribution >= 4 is 49.9 Å². The summed E-state index contributed by atoms with van der Waals surface area (Å²) in [5.41, 5.74) is 9.23. The van der Waals surface area contributed by atoms with Crippen LogP contribution in [0.1, 0.15) is 36.0 Å². The number of nitrogen functional groups attached to an aromatic ring is 1. The van der Waals surface area contributed by atoms with E-state index in [-0.39, 0.29) is 17.8 Å². The molecule has 5 nitrogen and oxygen atoms in total. The molecule has 3 heterocycles. The molecule has 156 valence electrons. The number of carbonyl (C=O) groups is 1. The van der Waals surface area contributed by atoms with E-state index in [0.29, 0.717) is 31.5 Å². The number of hydrogen-bond acceptors (Lipinski definition) is 5. The van der Waals surface area contributed by atoms with Gasteiger partial charge in [0.25, 0.3) is 5.91 Å². The lowest BCUT2D eigenvalue weighted by molar-refractivity contribution is 0.0599. The van der Waals surface area contributed by atoms with E-state index in [0.717, 1.165) is 54.9 Å². The van der Waals surface area contributed by atoms with E-state index in [4.69, 9.17) is 17.3 Å². The van der Waals surface area contributed by atoms with Gasteiger partial charge < -0.3 is 15.5 Å². The molecule has 3 aromatic rings. The number of piperidine rings is 1. The molecule has 30 heavy (non-hydrogen) atoms. The predicted octanol–water partition coefficient (Wildman–Crippen LogP) is 5.17. The van der Waals surface area contributed by atoms with E-state index in [1.165, 1.54) is 12.5 Å². The van der Waals surface area contributed by atoms with Crippen molar-refractivity contribution in [3.8, 4) is 11.1 Å². The van der Waals surface area contributed by atoms with Crippen LogP contribution in [0.25, 0.3) is 21.3 Å². The van der Waals surface area contributed by atoms with Crippen LogP contribution in [0.4, 0.5) is 15.2 Å². The summed E-state index contributed by atoms with van der Waals surface area (Å²) in [6.07, 6.45) is 4.21. The summed E-state index contributed by atoms with van der Waals surface area (Å²) in [4.78, 5) is 21.9. The van der Waals surface area contributed by atoms with Crippen molar-refractivity contribution in [2.24, 2.45) is 0 Å². The molecule has 2 aromatic carbocycles. The minimum Gasteiger partial charge on any atom is -0.375 e. The van der Waals surface area contributed by atoms with Gasteiger partial charge in [-0.05, 0) is 49.9 Å². The monoisotopic (exact) mass is 444 g/mol. The lowest BCUT2D eigenvalue weighted by Crippen LogP contribution is -2.47. The average Bonchev–Trinajstić information content (AvgIpc) is 3.14. The standard InChI is InChI=1S/C22H22ClFN4OS/c1-27-9-7-12-4-2-3-8-28(12)21(29)15-10-16(23)14(11-18(15)27)13-5-6-17(24)20-19(13)26-22(25)30-20/h5-6,10-12H,2-4,7-9H2,1H3,(H2,25,26)/t12-/m1/s1. The number of rotatable bonds is 1. The number of halogens is 2. The quantitative estimate of drug-likeness (QED) is 0.562. The Morgan fingerprint density at radius 1 is 1.17 bits per heavy atom. The number of carbonyl (C=O) groups excluding carboxylic acids is 1. The smallest absolute Gasteiger partial charge is 0.256 e. The Kier molecular flexibility index (Phi) is 4.82. The molecule has 0 radical (unpaired) electrons. The maximum atomic E-state index is 14.3. The van der Waals surface area contributed by atoms with E-state index in [1.807, 2.05) is 18.0 Å². The van der Waals surface area contributed by atoms with E-state index in [2.05, 4.69) is 9.88 Å². The van der Waals surface area contributed by atoms with Gasteiger partial charge in [-0.25, -0.2) is 9.37 Å². The molecule has 0 aliphatic carbocycles. The number of aromatic nitrogens is 1. The van der Waals surface area contributed by atoms with Gasteiger partial charge in [-0.2, -0.15) is 0 Å². The van der Waals surface area contributed by atoms with Gasteiger partial charge >= 0.3 is 0 Å². The molecule has 0 unspecified atom stereocenters. The van der Waals surface area contributed by atoms with Crippen LogP contribution in [0.3, 0.4) is 0 Å². The Balaban J connectivity index is 1.68. The van der Waals surface area contributed by atoms with Gasteiger partial charge in [0.15, 0.2) is 5.13 Å². The van der Waals surface area contributed by atoms with Crippen LogP contribution in [0.15, 0.2) is 24.3 Å². The number of benzene rings is 2. The Morgan fingerprint density at radius 3 is 2.83 bits per heavy atom. The van der Waals surface area contributed by atoms with Gasteiger partial charge in [-0.3, -0.25) is 4.79 Å². The normalized spacial score (nSPS) is 19.4. The van der Waals surface area contributed by atoms with Crippen LogP contribution in [0.5, 0.6) is 0 Å². The number of thiazole rings is 1. The zero-order chi connectivity index (χ0) is 21.0. The van der Waals surface area contributed by atoms with Gasteiger partial charge in [0.05, 0.1) is 15.8 Å². The molecule has 1 atom stereocenters. The first-order valence-electron chi connectivity index (χ1n) is 10.1. The zero-order valence-electron chi connectivity index (χ0n) is 16.6. The summed E-state index contributed by atoms with van der Waals surface area (Å²) in [5.74, 6) is -0.314. The highest BCUT2D eigenvalue weighted by Crippen LogP contribution is 2.41. The summed E-state index contributed by atoms with van der Waals surface area (Å²) in [6, 6.07) is 7.07. The highest BCUT2D eigenvalue weighted by molar-refractivity contribution is 7.22. The van der Waals surface area contributed by atoms with Gasteiger partial charge in [-0.1, -0.05) is 22.9 Å². The highest BCUT2D eigenvalue weighted by atomic mass is 35.5. The molecule has 0 bridgehead atoms. The van der Waals surface area contributed by atoms with E-state index < -0.39 is 0 Å². The zero-order valence-corrected chi connectivity index (χ0v) is 18.2. The summed E-state index contributed by atoms with van der Waals surface area (Å²) in [7, 11) is 2.00. The second kappa shape index (κ2) is 7.39. The molecular weight excluding hydrogens is 423 g/mol. The lowest BCUT2D eigenvalue weighted by Gasteiger charge is -2.40. The van der Waals surface area contributed by atoms with Crippen LogP contribution in [-0.4, -0.2) is 42.0 Å². The number of nitrogens with zero attached hydrogens (tertiary/aromatic N) is 3. The van der Waals surface area contributed by atoms with Crippen LogP contribution >= 0.6 is 22.9 Å². The van der Waals surface area contributed by atoms with Crippen LogP contribution in [-0.2, 0) is 0 Å². The molecule has 2 aliphatic rings. The number of hydrogen-bond donors (Lipinski definition) is 1. The number of amides is 1. The topological polar surface area (TPSA) is 62.5 Å². The average molecular weight is 445 g/mol. The molecule has 0 saturated carbocycles. The summed E-state index contributed by atoms with van der Waals surface area (Å²) in [6.45, 7) is 1.65. The van der Waals surface area contributed by atoms with Crippen molar-refractivity contribution in [1.29, 1.82) is 0 Å². The van der Waals surface area contributed by atoms with Crippen molar-refractivity contribution < 1.29 is 9.18 Å². The third kappa shape index (κ3) is 3.11.